The molecule has 2 aromatic carbocycles. The van der Waals surface area contributed by atoms with E-state index in [0.717, 1.165) is 11.6 Å². The third-order valence-corrected chi connectivity index (χ3v) is 9.46. The molecule has 262 valence electrons. The zero-order chi connectivity index (χ0) is 36.1. The molecule has 50 heavy (non-hydrogen) atoms. The summed E-state index contributed by atoms with van der Waals surface area (Å²) in [6.45, 7) is 12.8. The smallest absolute Gasteiger partial charge is 0.410 e. The normalized spacial score (nSPS) is 20.1. The second-order valence-electron chi connectivity index (χ2n) is 15.1. The number of amides is 3. The number of rotatable bonds is 6. The third-order valence-electron chi connectivity index (χ3n) is 9.46. The van der Waals surface area contributed by atoms with E-state index in [4.69, 9.17) is 4.74 Å². The van der Waals surface area contributed by atoms with Crippen LogP contribution in [0.5, 0.6) is 0 Å². The Kier molecular flexibility index (Phi) is 9.11. The molecule has 0 bridgehead atoms. The van der Waals surface area contributed by atoms with Crippen molar-refractivity contribution in [3.05, 3.63) is 87.7 Å². The lowest BCUT2D eigenvalue weighted by molar-refractivity contribution is -0.121. The Labute approximate surface area is 290 Å². The van der Waals surface area contributed by atoms with E-state index < -0.39 is 34.8 Å². The summed E-state index contributed by atoms with van der Waals surface area (Å²) < 4.78 is 33.7. The van der Waals surface area contributed by atoms with Crippen LogP contribution in [0, 0.1) is 23.0 Å². The summed E-state index contributed by atoms with van der Waals surface area (Å²) in [6, 6.07) is 11.6. The van der Waals surface area contributed by atoms with Gasteiger partial charge in [0.1, 0.15) is 17.2 Å². The fourth-order valence-electron chi connectivity index (χ4n) is 7.00. The highest BCUT2D eigenvalue weighted by Gasteiger charge is 2.43. The summed E-state index contributed by atoms with van der Waals surface area (Å²) in [4.78, 5) is 48.1. The van der Waals surface area contributed by atoms with Gasteiger partial charge in [0.05, 0.1) is 35.3 Å². The van der Waals surface area contributed by atoms with Crippen molar-refractivity contribution in [2.24, 2.45) is 0 Å². The molecule has 0 aliphatic carbocycles. The average Bonchev–Trinajstić information content (AvgIpc) is 3.49. The first-order valence-electron chi connectivity index (χ1n) is 16.7. The van der Waals surface area contributed by atoms with Crippen LogP contribution in [-0.4, -0.2) is 93.2 Å². The molecule has 1 fully saturated rings. The van der Waals surface area contributed by atoms with Crippen LogP contribution in [-0.2, 0) is 27.9 Å². The maximum Gasteiger partial charge on any atom is 0.410 e. The standard InChI is InChI=1S/C37H41F2N7O4/c1-22-16-43(20-32(47)46-21-37(5,6)33-31(46)14-27(41-42-33)12-24-8-9-26(38)13-30(24)39)28(19-45(22)35(49)50-36(2,3)4)18-44-17-25-11-23(15-40)7-10-29(25)34(44)48/h7-11,13-14,22,28H,12,16-21H2,1-6H3/t22-,28+/m1/s1. The van der Waals surface area contributed by atoms with Crippen molar-refractivity contribution in [3.8, 4) is 6.07 Å². The van der Waals surface area contributed by atoms with Gasteiger partial charge in [-0.05, 0) is 69.2 Å². The maximum atomic E-state index is 14.5. The quantitative estimate of drug-likeness (QED) is 0.363. The van der Waals surface area contributed by atoms with Crippen LogP contribution >= 0.6 is 0 Å². The number of ether oxygens (including phenoxy) is 1. The van der Waals surface area contributed by atoms with E-state index in [1.807, 2.05) is 25.7 Å². The number of hydrogen-bond acceptors (Lipinski definition) is 8. The number of aromatic nitrogens is 2. The van der Waals surface area contributed by atoms with Gasteiger partial charge >= 0.3 is 6.09 Å². The van der Waals surface area contributed by atoms with E-state index >= 15 is 0 Å². The first kappa shape index (κ1) is 34.9. The predicted molar refractivity (Wildman–Crippen MR) is 180 cm³/mol. The van der Waals surface area contributed by atoms with Crippen molar-refractivity contribution < 1.29 is 27.9 Å². The van der Waals surface area contributed by atoms with Gasteiger partial charge in [0.15, 0.2) is 0 Å². The Bertz CT molecular complexity index is 1900. The fraction of sp³-hybridized carbons (Fsp3) is 0.459. The Hall–Kier alpha value is -4.96. The van der Waals surface area contributed by atoms with E-state index in [0.29, 0.717) is 47.8 Å². The first-order valence-corrected chi connectivity index (χ1v) is 16.7. The van der Waals surface area contributed by atoms with Crippen LogP contribution in [0.25, 0.3) is 0 Å². The summed E-state index contributed by atoms with van der Waals surface area (Å²) in [7, 11) is 0. The second kappa shape index (κ2) is 13.1. The first-order chi connectivity index (χ1) is 23.5. The number of hydrogen-bond donors (Lipinski definition) is 0. The van der Waals surface area contributed by atoms with Crippen LogP contribution in [0.2, 0.25) is 0 Å². The second-order valence-corrected chi connectivity index (χ2v) is 15.1. The third kappa shape index (κ3) is 7.03. The van der Waals surface area contributed by atoms with Crippen LogP contribution in [0.3, 0.4) is 0 Å². The van der Waals surface area contributed by atoms with Crippen molar-refractivity contribution in [2.75, 3.05) is 37.6 Å². The lowest BCUT2D eigenvalue weighted by Gasteiger charge is -2.46. The lowest BCUT2D eigenvalue weighted by atomic mass is 9.91. The minimum atomic E-state index is -0.704. The molecule has 3 aromatic rings. The number of carbonyl (C=O) groups excluding carboxylic acids is 3. The molecule has 3 aliphatic rings. The van der Waals surface area contributed by atoms with Gasteiger partial charge in [0.2, 0.25) is 5.91 Å². The number of nitriles is 1. The molecule has 0 saturated carbocycles. The Morgan fingerprint density at radius 1 is 1.08 bits per heavy atom. The number of benzene rings is 2. The molecule has 1 aromatic heterocycles. The molecular weight excluding hydrogens is 644 g/mol. The maximum absolute atomic E-state index is 14.5. The Morgan fingerprint density at radius 3 is 2.54 bits per heavy atom. The molecule has 3 aliphatic heterocycles. The van der Waals surface area contributed by atoms with E-state index in [2.05, 4.69) is 16.3 Å². The van der Waals surface area contributed by atoms with Crippen molar-refractivity contribution in [1.29, 1.82) is 5.26 Å². The van der Waals surface area contributed by atoms with E-state index in [1.54, 1.807) is 59.7 Å². The zero-order valence-electron chi connectivity index (χ0n) is 29.2. The monoisotopic (exact) mass is 685 g/mol. The molecule has 4 heterocycles. The highest BCUT2D eigenvalue weighted by Crippen LogP contribution is 2.39. The Morgan fingerprint density at radius 2 is 1.84 bits per heavy atom. The number of anilines is 1. The highest BCUT2D eigenvalue weighted by molar-refractivity contribution is 5.99. The van der Waals surface area contributed by atoms with E-state index in [9.17, 15) is 28.4 Å². The van der Waals surface area contributed by atoms with Gasteiger partial charge in [-0.15, -0.1) is 0 Å². The largest absolute Gasteiger partial charge is 0.444 e. The Balaban J connectivity index is 1.25. The summed E-state index contributed by atoms with van der Waals surface area (Å²) >= 11 is 0. The summed E-state index contributed by atoms with van der Waals surface area (Å²) in [5.74, 6) is -1.72. The molecule has 11 nitrogen and oxygen atoms in total. The van der Waals surface area contributed by atoms with Crippen molar-refractivity contribution in [1.82, 2.24) is 24.9 Å². The van der Waals surface area contributed by atoms with Gasteiger partial charge in [-0.3, -0.25) is 14.5 Å². The minimum absolute atomic E-state index is 0.00446. The molecule has 2 atom stereocenters. The van der Waals surface area contributed by atoms with Gasteiger partial charge in [-0.25, -0.2) is 13.6 Å². The van der Waals surface area contributed by atoms with Crippen LogP contribution in [0.15, 0.2) is 42.5 Å². The van der Waals surface area contributed by atoms with Crippen LogP contribution < -0.4 is 4.90 Å². The average molecular weight is 686 g/mol. The predicted octanol–water partition coefficient (Wildman–Crippen LogP) is 4.81. The SMILES string of the molecule is C[C@@H]1CN(CC(=O)N2CC(C)(C)c3nnc(Cc4ccc(F)cc4F)cc32)[C@@H](CN2Cc3cc(C#N)ccc3C2=O)CN1C(=O)OC(C)(C)C. The van der Waals surface area contributed by atoms with E-state index in [1.165, 1.54) is 12.1 Å². The molecule has 13 heteroatoms. The highest BCUT2D eigenvalue weighted by atomic mass is 19.1. The molecule has 0 radical (unpaired) electrons. The molecule has 0 unspecified atom stereocenters. The molecule has 3 amide bonds. The number of nitrogens with zero attached hydrogens (tertiary/aromatic N) is 7. The number of piperazine rings is 1. The molecular formula is C37H41F2N7O4. The van der Waals surface area contributed by atoms with Gasteiger partial charge in [0, 0.05) is 68.3 Å². The van der Waals surface area contributed by atoms with Gasteiger partial charge in [-0.2, -0.15) is 15.5 Å². The lowest BCUT2D eigenvalue weighted by Crippen LogP contribution is -2.63. The number of fused-ring (bicyclic) bond motifs is 2. The summed E-state index contributed by atoms with van der Waals surface area (Å²) in [6.07, 6.45) is -0.391. The van der Waals surface area contributed by atoms with Crippen molar-refractivity contribution in [3.63, 3.8) is 0 Å². The van der Waals surface area contributed by atoms with Gasteiger partial charge in [0.25, 0.3) is 5.91 Å². The molecule has 0 spiro atoms. The summed E-state index contributed by atoms with van der Waals surface area (Å²) in [5, 5.41) is 18.1. The van der Waals surface area contributed by atoms with Crippen LogP contribution in [0.4, 0.5) is 19.3 Å². The molecule has 1 saturated heterocycles. The topological polar surface area (TPSA) is 123 Å². The van der Waals surface area contributed by atoms with Crippen molar-refractivity contribution in [2.45, 2.75) is 77.6 Å². The summed E-state index contributed by atoms with van der Waals surface area (Å²) in [5.41, 5.74) is 2.49. The van der Waals surface area contributed by atoms with Gasteiger partial charge < -0.3 is 19.4 Å². The number of halogens is 2. The van der Waals surface area contributed by atoms with Crippen LogP contribution in [0.1, 0.15) is 80.0 Å². The molecule has 0 N–H and O–H groups in total. The minimum Gasteiger partial charge on any atom is -0.444 e. The van der Waals surface area contributed by atoms with E-state index in [-0.39, 0.29) is 49.5 Å². The van der Waals surface area contributed by atoms with Gasteiger partial charge in [-0.1, -0.05) is 19.9 Å². The fourth-order valence-corrected chi connectivity index (χ4v) is 7.00. The van der Waals surface area contributed by atoms with Crippen molar-refractivity contribution >= 4 is 23.6 Å². The zero-order valence-corrected chi connectivity index (χ0v) is 29.2. The number of carbonyl (C=O) groups is 3. The molecule has 6 rings (SSSR count).